The molecule has 68 valence electrons. The molecule has 1 saturated carbocycles. The molecule has 1 N–H and O–H groups in total. The first-order valence-electron chi connectivity index (χ1n) is 5.29. The van der Waals surface area contributed by atoms with E-state index in [-0.39, 0.29) is 0 Å². The number of nitrogens with one attached hydrogen (secondary N) is 1. The Hall–Kier alpha value is -0.0800. The maximum absolute atomic E-state index is 3.50. The number of likely N-dealkylation sites (tertiary alicyclic amines) is 1. The Morgan fingerprint density at radius 3 is 2.33 bits per heavy atom. The molecule has 1 aliphatic carbocycles. The first-order valence-corrected chi connectivity index (χ1v) is 5.29. The van der Waals surface area contributed by atoms with Gasteiger partial charge in [-0.05, 0) is 37.3 Å². The Kier molecular flexibility index (Phi) is 1.50. The minimum atomic E-state index is 0.972. The van der Waals surface area contributed by atoms with Crippen LogP contribution in [0.5, 0.6) is 0 Å². The van der Waals surface area contributed by atoms with Crippen molar-refractivity contribution in [1.29, 1.82) is 0 Å². The normalized spacial score (nSPS) is 48.2. The van der Waals surface area contributed by atoms with Crippen LogP contribution in [0.15, 0.2) is 0 Å². The summed E-state index contributed by atoms with van der Waals surface area (Å²) in [6, 6.07) is 0.974. The van der Waals surface area contributed by atoms with Gasteiger partial charge in [0.15, 0.2) is 0 Å². The van der Waals surface area contributed by atoms with Crippen molar-refractivity contribution in [3.8, 4) is 0 Å². The highest BCUT2D eigenvalue weighted by atomic mass is 15.2. The molecule has 12 heavy (non-hydrogen) atoms. The standard InChI is InChI=1S/C10H18N2/c1-7-5-12(6-7)10-8-2-9(10)4-11-3-8/h7-11H,2-6H2,1H3. The van der Waals surface area contributed by atoms with E-state index < -0.39 is 0 Å². The molecule has 2 heterocycles. The molecule has 0 aromatic heterocycles. The highest BCUT2D eigenvalue weighted by Crippen LogP contribution is 2.42. The van der Waals surface area contributed by atoms with Crippen LogP contribution in [-0.2, 0) is 0 Å². The van der Waals surface area contributed by atoms with Crippen molar-refractivity contribution in [2.75, 3.05) is 26.2 Å². The summed E-state index contributed by atoms with van der Waals surface area (Å²) in [7, 11) is 0. The zero-order chi connectivity index (χ0) is 8.13. The van der Waals surface area contributed by atoms with Crippen molar-refractivity contribution in [1.82, 2.24) is 10.2 Å². The van der Waals surface area contributed by atoms with Crippen LogP contribution in [0.4, 0.5) is 0 Å². The van der Waals surface area contributed by atoms with Gasteiger partial charge in [0.1, 0.15) is 0 Å². The van der Waals surface area contributed by atoms with Crippen LogP contribution in [0, 0.1) is 17.8 Å². The Labute approximate surface area is 74.3 Å². The van der Waals surface area contributed by atoms with E-state index in [1.165, 1.54) is 32.6 Å². The molecule has 2 heteroatoms. The maximum Gasteiger partial charge on any atom is 0.0176 e. The fourth-order valence-electron chi connectivity index (χ4n) is 3.31. The monoisotopic (exact) mass is 166 g/mol. The third kappa shape index (κ3) is 0.882. The number of piperidine rings is 2. The minimum Gasteiger partial charge on any atom is -0.316 e. The van der Waals surface area contributed by atoms with Gasteiger partial charge in [0.2, 0.25) is 0 Å². The predicted molar refractivity (Wildman–Crippen MR) is 49.0 cm³/mol. The SMILES string of the molecule is CC1CN(C2C3CNCC2C3)C1. The summed E-state index contributed by atoms with van der Waals surface area (Å²) in [6.07, 6.45) is 1.50. The van der Waals surface area contributed by atoms with Gasteiger partial charge >= 0.3 is 0 Å². The van der Waals surface area contributed by atoms with Crippen molar-refractivity contribution >= 4 is 0 Å². The molecule has 2 saturated heterocycles. The quantitative estimate of drug-likeness (QED) is 0.612. The molecule has 0 spiro atoms. The highest BCUT2D eigenvalue weighted by Gasteiger charge is 2.48. The summed E-state index contributed by atoms with van der Waals surface area (Å²) >= 11 is 0. The van der Waals surface area contributed by atoms with E-state index in [1.54, 1.807) is 0 Å². The van der Waals surface area contributed by atoms with Gasteiger partial charge in [-0.1, -0.05) is 6.92 Å². The summed E-state index contributed by atoms with van der Waals surface area (Å²) in [6.45, 7) is 7.68. The number of nitrogens with zero attached hydrogens (tertiary/aromatic N) is 1. The van der Waals surface area contributed by atoms with Crippen LogP contribution in [0.1, 0.15) is 13.3 Å². The molecule has 3 fully saturated rings. The second-order valence-corrected chi connectivity index (χ2v) is 4.96. The van der Waals surface area contributed by atoms with E-state index in [4.69, 9.17) is 0 Å². The van der Waals surface area contributed by atoms with Crippen molar-refractivity contribution in [2.24, 2.45) is 17.8 Å². The van der Waals surface area contributed by atoms with Gasteiger partial charge in [-0.3, -0.25) is 4.90 Å². The number of hydrogen-bond donors (Lipinski definition) is 1. The average Bonchev–Trinajstić information content (AvgIpc) is 2.03. The van der Waals surface area contributed by atoms with Crippen LogP contribution in [-0.4, -0.2) is 37.1 Å². The Bertz CT molecular complexity index is 172. The van der Waals surface area contributed by atoms with Gasteiger partial charge < -0.3 is 5.32 Å². The molecule has 2 atom stereocenters. The molecule has 2 nitrogen and oxygen atoms in total. The van der Waals surface area contributed by atoms with E-state index in [1.807, 2.05) is 0 Å². The fourth-order valence-corrected chi connectivity index (χ4v) is 3.31. The van der Waals surface area contributed by atoms with Crippen molar-refractivity contribution < 1.29 is 0 Å². The van der Waals surface area contributed by atoms with Crippen LogP contribution in [0.25, 0.3) is 0 Å². The van der Waals surface area contributed by atoms with Gasteiger partial charge in [0, 0.05) is 19.1 Å². The molecule has 0 amide bonds. The zero-order valence-electron chi connectivity index (χ0n) is 7.79. The lowest BCUT2D eigenvalue weighted by atomic mass is 9.65. The van der Waals surface area contributed by atoms with Gasteiger partial charge in [-0.15, -0.1) is 0 Å². The van der Waals surface area contributed by atoms with Crippen LogP contribution in [0.3, 0.4) is 0 Å². The van der Waals surface area contributed by atoms with Gasteiger partial charge in [-0.2, -0.15) is 0 Å². The topological polar surface area (TPSA) is 15.3 Å². The van der Waals surface area contributed by atoms with Crippen molar-refractivity contribution in [3.63, 3.8) is 0 Å². The molecule has 0 aromatic carbocycles. The molecule has 0 radical (unpaired) electrons. The zero-order valence-corrected chi connectivity index (χ0v) is 7.79. The molecule has 2 unspecified atom stereocenters. The summed E-state index contributed by atoms with van der Waals surface area (Å²) in [5, 5.41) is 3.50. The summed E-state index contributed by atoms with van der Waals surface area (Å²) in [5.74, 6) is 2.96. The first-order chi connectivity index (χ1) is 5.84. The highest BCUT2D eigenvalue weighted by molar-refractivity contribution is 5.03. The van der Waals surface area contributed by atoms with Crippen LogP contribution >= 0.6 is 0 Å². The fraction of sp³-hybridized carbons (Fsp3) is 1.00. The molecule has 3 rings (SSSR count). The molecular formula is C10H18N2. The lowest BCUT2D eigenvalue weighted by molar-refractivity contribution is -0.0754. The maximum atomic E-state index is 3.50. The largest absolute Gasteiger partial charge is 0.316 e. The average molecular weight is 166 g/mol. The summed E-state index contributed by atoms with van der Waals surface area (Å²) in [4.78, 5) is 2.71. The molecular weight excluding hydrogens is 148 g/mol. The smallest absolute Gasteiger partial charge is 0.0176 e. The minimum absolute atomic E-state index is 0.972. The molecule has 3 aliphatic rings. The van der Waals surface area contributed by atoms with E-state index in [9.17, 15) is 0 Å². The number of rotatable bonds is 1. The Balaban J connectivity index is 1.63. The Morgan fingerprint density at radius 1 is 1.17 bits per heavy atom. The number of fused-ring (bicyclic) bond motifs is 2. The predicted octanol–water partition coefficient (Wildman–Crippen LogP) is 0.546. The van der Waals surface area contributed by atoms with Gasteiger partial charge in [0.25, 0.3) is 0 Å². The van der Waals surface area contributed by atoms with E-state index >= 15 is 0 Å². The third-order valence-corrected chi connectivity index (χ3v) is 3.90. The molecule has 2 aliphatic heterocycles. The molecule has 2 bridgehead atoms. The number of hydrogen-bond acceptors (Lipinski definition) is 2. The molecule has 0 aromatic rings. The van der Waals surface area contributed by atoms with Gasteiger partial charge in [0.05, 0.1) is 0 Å². The van der Waals surface area contributed by atoms with Gasteiger partial charge in [-0.25, -0.2) is 0 Å². The van der Waals surface area contributed by atoms with E-state index in [0.29, 0.717) is 0 Å². The Morgan fingerprint density at radius 2 is 1.83 bits per heavy atom. The van der Waals surface area contributed by atoms with Crippen molar-refractivity contribution in [3.05, 3.63) is 0 Å². The van der Waals surface area contributed by atoms with Crippen LogP contribution in [0.2, 0.25) is 0 Å². The van der Waals surface area contributed by atoms with E-state index in [2.05, 4.69) is 17.1 Å². The van der Waals surface area contributed by atoms with Crippen molar-refractivity contribution in [2.45, 2.75) is 19.4 Å². The third-order valence-electron chi connectivity index (χ3n) is 3.90. The summed E-state index contributed by atoms with van der Waals surface area (Å²) in [5.41, 5.74) is 0. The first kappa shape index (κ1) is 7.34. The lowest BCUT2D eigenvalue weighted by Gasteiger charge is -2.58. The second kappa shape index (κ2) is 2.46. The summed E-state index contributed by atoms with van der Waals surface area (Å²) < 4.78 is 0. The second-order valence-electron chi connectivity index (χ2n) is 4.96. The lowest BCUT2D eigenvalue weighted by Crippen LogP contribution is -2.67. The van der Waals surface area contributed by atoms with E-state index in [0.717, 1.165) is 23.8 Å². The van der Waals surface area contributed by atoms with Crippen LogP contribution < -0.4 is 5.32 Å².